The van der Waals surface area contributed by atoms with Crippen molar-refractivity contribution in [3.05, 3.63) is 69.3 Å². The average Bonchev–Trinajstić information content (AvgIpc) is 3.20. The van der Waals surface area contributed by atoms with Gasteiger partial charge in [0.05, 0.1) is 18.6 Å². The molecule has 4 aliphatic rings. The van der Waals surface area contributed by atoms with Crippen molar-refractivity contribution in [1.82, 2.24) is 5.32 Å². The molecule has 46 heavy (non-hydrogen) atoms. The molecule has 13 nitrogen and oxygen atoms in total. The van der Waals surface area contributed by atoms with Gasteiger partial charge in [0, 0.05) is 16.7 Å². The summed E-state index contributed by atoms with van der Waals surface area (Å²) >= 11 is 0. The van der Waals surface area contributed by atoms with Crippen molar-refractivity contribution in [1.29, 1.82) is 0 Å². The highest BCUT2D eigenvalue weighted by molar-refractivity contribution is 6.01. The number of hydrogen-bond donors (Lipinski definition) is 4. The number of allylic oxidation sites excluding steroid dienone is 4. The highest BCUT2D eigenvalue weighted by Crippen LogP contribution is 2.69. The largest absolute Gasteiger partial charge is 0.456 e. The van der Waals surface area contributed by atoms with Crippen LogP contribution < -0.4 is 5.32 Å². The van der Waals surface area contributed by atoms with E-state index >= 15 is 4.39 Å². The van der Waals surface area contributed by atoms with Crippen LogP contribution in [0, 0.1) is 32.8 Å². The molecule has 0 bridgehead atoms. The summed E-state index contributed by atoms with van der Waals surface area (Å²) in [4.78, 5) is 64.7. The van der Waals surface area contributed by atoms with Crippen LogP contribution >= 0.6 is 0 Å². The molecule has 1 aromatic carbocycles. The maximum absolute atomic E-state index is 17.2. The van der Waals surface area contributed by atoms with E-state index in [1.54, 1.807) is 31.2 Å². The van der Waals surface area contributed by atoms with Crippen LogP contribution in [0.15, 0.2) is 48.1 Å². The highest BCUT2D eigenvalue weighted by Gasteiger charge is 2.76. The Morgan fingerprint density at radius 1 is 1.11 bits per heavy atom. The number of hydrogen-bond acceptors (Lipinski definition) is 11. The topological polar surface area (TPSA) is 203 Å². The van der Waals surface area contributed by atoms with Crippen molar-refractivity contribution < 1.29 is 53.5 Å². The predicted molar refractivity (Wildman–Crippen MR) is 156 cm³/mol. The van der Waals surface area contributed by atoms with Crippen LogP contribution in [-0.4, -0.2) is 80.5 Å². The van der Waals surface area contributed by atoms with Gasteiger partial charge in [-0.05, 0) is 61.8 Å². The molecule has 0 aliphatic heterocycles. The third-order valence-electron chi connectivity index (χ3n) is 10.8. The van der Waals surface area contributed by atoms with Gasteiger partial charge in [0.2, 0.25) is 11.7 Å². The fourth-order valence-electron chi connectivity index (χ4n) is 8.34. The summed E-state index contributed by atoms with van der Waals surface area (Å²) in [6.45, 7) is 1.42. The summed E-state index contributed by atoms with van der Waals surface area (Å²) in [5.74, 6) is -4.34. The number of aliphatic hydroxyl groups excluding tert-OH is 2. The van der Waals surface area contributed by atoms with E-state index in [0.717, 1.165) is 0 Å². The molecule has 3 fully saturated rings. The molecule has 14 heteroatoms. The van der Waals surface area contributed by atoms with E-state index in [2.05, 4.69) is 10.2 Å². The van der Waals surface area contributed by atoms with E-state index < -0.39 is 82.0 Å². The zero-order valence-electron chi connectivity index (χ0n) is 25.4. The SMILES string of the molecule is C[C@]12C=CC(=O)C=C1CCC1C3C[C@@H](O)[C@](O)(C(=O)COC(=O)CNC(=O)Cc4ccc(CO[N+](=O)[O-])cc4)[C@@]3(C)C[C@H](O)[C@@]12F. The third kappa shape index (κ3) is 5.31. The Labute approximate surface area is 263 Å². The number of ether oxygens (including phenoxy) is 1. The number of Topliss-reactive ketones (excluding diaryl/α,β-unsaturated/α-hetero) is 1. The van der Waals surface area contributed by atoms with Gasteiger partial charge in [0.25, 0.3) is 5.09 Å². The van der Waals surface area contributed by atoms with Crippen LogP contribution in [0.3, 0.4) is 0 Å². The lowest BCUT2D eigenvalue weighted by Crippen LogP contribution is -2.69. The smallest absolute Gasteiger partial charge is 0.325 e. The number of fused-ring (bicyclic) bond motifs is 5. The molecule has 0 spiro atoms. The number of ketones is 2. The molecule has 0 aromatic heterocycles. The number of nitrogens with one attached hydrogen (secondary N) is 1. The fourth-order valence-corrected chi connectivity index (χ4v) is 8.34. The summed E-state index contributed by atoms with van der Waals surface area (Å²) in [5, 5.41) is 46.0. The minimum atomic E-state index is -2.45. The maximum Gasteiger partial charge on any atom is 0.325 e. The van der Waals surface area contributed by atoms with Crippen LogP contribution in [0.1, 0.15) is 50.7 Å². The monoisotopic (exact) mass is 644 g/mol. The number of alkyl halides is 1. The normalized spacial score (nSPS) is 36.0. The molecule has 4 N–H and O–H groups in total. The molecule has 0 heterocycles. The van der Waals surface area contributed by atoms with Gasteiger partial charge in [-0.3, -0.25) is 19.2 Å². The number of benzene rings is 1. The molecule has 3 saturated carbocycles. The van der Waals surface area contributed by atoms with Crippen molar-refractivity contribution in [2.24, 2.45) is 22.7 Å². The number of carbonyl (C=O) groups excluding carboxylic acids is 4. The molecule has 1 amide bonds. The van der Waals surface area contributed by atoms with Crippen molar-refractivity contribution in [3.63, 3.8) is 0 Å². The molecule has 248 valence electrons. The Morgan fingerprint density at radius 3 is 2.46 bits per heavy atom. The second-order valence-corrected chi connectivity index (χ2v) is 13.1. The molecule has 1 aromatic rings. The van der Waals surface area contributed by atoms with Crippen LogP contribution in [0.2, 0.25) is 0 Å². The summed E-state index contributed by atoms with van der Waals surface area (Å²) in [6.07, 6.45) is 0.927. The Bertz CT molecular complexity index is 1510. The zero-order chi connectivity index (χ0) is 33.7. The second-order valence-electron chi connectivity index (χ2n) is 13.1. The molecule has 0 radical (unpaired) electrons. The number of amides is 1. The molecular weight excluding hydrogens is 607 g/mol. The lowest BCUT2D eigenvalue weighted by atomic mass is 9.44. The van der Waals surface area contributed by atoms with Crippen LogP contribution in [-0.2, 0) is 41.8 Å². The minimum absolute atomic E-state index is 0.115. The van der Waals surface area contributed by atoms with Crippen molar-refractivity contribution in [2.75, 3.05) is 13.2 Å². The van der Waals surface area contributed by atoms with Gasteiger partial charge in [-0.15, -0.1) is 10.1 Å². The first-order chi connectivity index (χ1) is 21.6. The quantitative estimate of drug-likeness (QED) is 0.162. The first-order valence-corrected chi connectivity index (χ1v) is 15.1. The van der Waals surface area contributed by atoms with E-state index in [9.17, 15) is 44.6 Å². The summed E-state index contributed by atoms with van der Waals surface area (Å²) in [5.41, 5.74) is -5.75. The van der Waals surface area contributed by atoms with Crippen molar-refractivity contribution in [2.45, 2.75) is 76.0 Å². The number of aliphatic hydroxyl groups is 3. The lowest BCUT2D eigenvalue weighted by molar-refractivity contribution is -0.763. The third-order valence-corrected chi connectivity index (χ3v) is 10.8. The van der Waals surface area contributed by atoms with Gasteiger partial charge < -0.3 is 30.2 Å². The van der Waals surface area contributed by atoms with Crippen molar-refractivity contribution >= 4 is 23.4 Å². The lowest BCUT2D eigenvalue weighted by Gasteiger charge is -2.62. The van der Waals surface area contributed by atoms with Crippen LogP contribution in [0.4, 0.5) is 4.39 Å². The molecule has 8 atom stereocenters. The van der Waals surface area contributed by atoms with Crippen LogP contribution in [0.25, 0.3) is 0 Å². The Morgan fingerprint density at radius 2 is 1.78 bits per heavy atom. The van der Waals surface area contributed by atoms with Gasteiger partial charge in [0.15, 0.2) is 23.7 Å². The number of nitrogens with zero attached hydrogens (tertiary/aromatic N) is 1. The number of esters is 1. The Kier molecular flexibility index (Phi) is 8.68. The fraction of sp³-hybridized carbons (Fsp3) is 0.562. The van der Waals surface area contributed by atoms with Gasteiger partial charge in [0.1, 0.15) is 13.2 Å². The number of carbonyl (C=O) groups is 4. The van der Waals surface area contributed by atoms with Gasteiger partial charge >= 0.3 is 5.97 Å². The molecule has 0 saturated heterocycles. The first kappa shape index (κ1) is 33.4. The second kappa shape index (κ2) is 12.0. The minimum Gasteiger partial charge on any atom is -0.456 e. The standard InChI is InChI=1S/C32H37FN2O11/c1-29-10-9-21(36)12-20(29)7-8-22-23-13-24(37)32(42,30(23,2)14-25(38)31(22,29)33)26(39)17-45-28(41)15-34-27(40)11-18-3-5-19(6-4-18)16-46-35(43)44/h3-6,9-10,12,22-25,37-38,42H,7-8,11,13-17H2,1-2H3,(H,34,40)/t22?,23?,24-,25+,29+,30+,31+,32+/m1/s1. The molecular formula is C32H37FN2O11. The van der Waals surface area contributed by atoms with E-state index in [1.807, 2.05) is 0 Å². The Balaban J connectivity index is 1.19. The van der Waals surface area contributed by atoms with Crippen LogP contribution in [0.5, 0.6) is 0 Å². The predicted octanol–water partition coefficient (Wildman–Crippen LogP) is 1.24. The van der Waals surface area contributed by atoms with Gasteiger partial charge in [-0.25, -0.2) is 4.39 Å². The van der Waals surface area contributed by atoms with Gasteiger partial charge in [-0.2, -0.15) is 0 Å². The van der Waals surface area contributed by atoms with Gasteiger partial charge in [-0.1, -0.05) is 42.8 Å². The zero-order valence-corrected chi connectivity index (χ0v) is 25.4. The molecule has 2 unspecified atom stereocenters. The summed E-state index contributed by atoms with van der Waals surface area (Å²) < 4.78 is 22.3. The average molecular weight is 645 g/mol. The van der Waals surface area contributed by atoms with E-state index in [-0.39, 0.29) is 38.1 Å². The van der Waals surface area contributed by atoms with E-state index in [0.29, 0.717) is 23.1 Å². The maximum atomic E-state index is 17.2. The summed E-state index contributed by atoms with van der Waals surface area (Å²) in [6, 6.07) is 6.25. The van der Waals surface area contributed by atoms with Crippen molar-refractivity contribution in [3.8, 4) is 0 Å². The number of halogens is 1. The van der Waals surface area contributed by atoms with E-state index in [4.69, 9.17) is 4.74 Å². The molecule has 5 rings (SSSR count). The van der Waals surface area contributed by atoms with E-state index in [1.165, 1.54) is 25.2 Å². The summed E-state index contributed by atoms with van der Waals surface area (Å²) in [7, 11) is 0. The first-order valence-electron chi connectivity index (χ1n) is 15.1. The highest BCUT2D eigenvalue weighted by atomic mass is 19.1. The Hall–Kier alpha value is -4.01. The molecule has 4 aliphatic carbocycles. The number of rotatable bonds is 10.